The molecule has 2 rings (SSSR count). The van der Waals surface area contributed by atoms with Crippen molar-refractivity contribution in [2.75, 3.05) is 13.7 Å². The molecule has 1 atom stereocenters. The number of alkyl halides is 2. The SMILES string of the molecule is COc1ccccc1C(F)(F)C(=O)N[C@@H](CO)c1ccc(F)cc1. The van der Waals surface area contributed by atoms with Gasteiger partial charge in [0.1, 0.15) is 11.6 Å². The number of halogens is 3. The molecule has 2 aromatic rings. The maximum absolute atomic E-state index is 14.4. The fourth-order valence-electron chi connectivity index (χ4n) is 2.20. The molecule has 0 aliphatic rings. The molecule has 0 spiro atoms. The second-order valence-electron chi connectivity index (χ2n) is 5.03. The summed E-state index contributed by atoms with van der Waals surface area (Å²) in [4.78, 5) is 12.0. The first-order valence-corrected chi connectivity index (χ1v) is 7.08. The van der Waals surface area contributed by atoms with Gasteiger partial charge >= 0.3 is 5.92 Å². The minimum Gasteiger partial charge on any atom is -0.496 e. The first-order chi connectivity index (χ1) is 11.4. The van der Waals surface area contributed by atoms with Crippen molar-refractivity contribution in [1.82, 2.24) is 5.32 Å². The summed E-state index contributed by atoms with van der Waals surface area (Å²) in [5, 5.41) is 11.4. The van der Waals surface area contributed by atoms with E-state index >= 15 is 0 Å². The number of carbonyl (C=O) groups is 1. The highest BCUT2D eigenvalue weighted by Gasteiger charge is 2.44. The molecule has 4 nitrogen and oxygen atoms in total. The fourth-order valence-corrected chi connectivity index (χ4v) is 2.20. The Hall–Kier alpha value is -2.54. The van der Waals surface area contributed by atoms with Gasteiger partial charge in [-0.2, -0.15) is 8.78 Å². The van der Waals surface area contributed by atoms with Crippen LogP contribution >= 0.6 is 0 Å². The molecule has 0 aromatic heterocycles. The third-order valence-corrected chi connectivity index (χ3v) is 3.49. The van der Waals surface area contributed by atoms with Crippen LogP contribution in [-0.2, 0) is 10.7 Å². The summed E-state index contributed by atoms with van der Waals surface area (Å²) < 4.78 is 46.7. The topological polar surface area (TPSA) is 58.6 Å². The Morgan fingerprint density at radius 2 is 1.83 bits per heavy atom. The highest BCUT2D eigenvalue weighted by atomic mass is 19.3. The van der Waals surface area contributed by atoms with Crippen LogP contribution in [-0.4, -0.2) is 24.7 Å². The molecule has 0 fully saturated rings. The van der Waals surface area contributed by atoms with Gasteiger partial charge in [-0.15, -0.1) is 0 Å². The minimum absolute atomic E-state index is 0.125. The van der Waals surface area contributed by atoms with Gasteiger partial charge in [0, 0.05) is 0 Å². The number of para-hydroxylation sites is 1. The van der Waals surface area contributed by atoms with Crippen molar-refractivity contribution in [3.63, 3.8) is 0 Å². The van der Waals surface area contributed by atoms with Crippen molar-refractivity contribution >= 4 is 5.91 Å². The van der Waals surface area contributed by atoms with Crippen LogP contribution in [0.4, 0.5) is 13.2 Å². The maximum Gasteiger partial charge on any atom is 0.353 e. The Morgan fingerprint density at radius 1 is 1.21 bits per heavy atom. The van der Waals surface area contributed by atoms with Crippen LogP contribution in [0.1, 0.15) is 17.2 Å². The number of hydrogen-bond acceptors (Lipinski definition) is 3. The van der Waals surface area contributed by atoms with E-state index < -0.39 is 35.9 Å². The van der Waals surface area contributed by atoms with E-state index in [4.69, 9.17) is 4.74 Å². The Morgan fingerprint density at radius 3 is 2.42 bits per heavy atom. The summed E-state index contributed by atoms with van der Waals surface area (Å²) in [7, 11) is 1.22. The van der Waals surface area contributed by atoms with Crippen LogP contribution < -0.4 is 10.1 Å². The highest BCUT2D eigenvalue weighted by molar-refractivity contribution is 5.86. The number of amides is 1. The molecule has 24 heavy (non-hydrogen) atoms. The van der Waals surface area contributed by atoms with Crippen LogP contribution in [0.15, 0.2) is 48.5 Å². The monoisotopic (exact) mass is 339 g/mol. The fraction of sp³-hybridized carbons (Fsp3) is 0.235. The summed E-state index contributed by atoms with van der Waals surface area (Å²) in [5.41, 5.74) is -0.274. The number of aliphatic hydroxyl groups is 1. The van der Waals surface area contributed by atoms with Crippen molar-refractivity contribution in [2.45, 2.75) is 12.0 Å². The van der Waals surface area contributed by atoms with E-state index in [2.05, 4.69) is 5.32 Å². The summed E-state index contributed by atoms with van der Waals surface area (Å²) >= 11 is 0. The normalized spacial score (nSPS) is 12.5. The molecule has 0 aliphatic carbocycles. The van der Waals surface area contributed by atoms with Gasteiger partial charge < -0.3 is 15.2 Å². The molecular formula is C17H16F3NO3. The molecule has 0 heterocycles. The van der Waals surface area contributed by atoms with Crippen LogP contribution in [0.2, 0.25) is 0 Å². The molecule has 2 aromatic carbocycles. The number of carbonyl (C=O) groups excluding carboxylic acids is 1. The summed E-state index contributed by atoms with van der Waals surface area (Å²) in [5.74, 6) is -6.09. The van der Waals surface area contributed by atoms with E-state index in [1.807, 2.05) is 0 Å². The molecule has 0 bridgehead atoms. The van der Waals surface area contributed by atoms with Crippen molar-refractivity contribution in [1.29, 1.82) is 0 Å². The average molecular weight is 339 g/mol. The number of rotatable bonds is 6. The average Bonchev–Trinajstić information content (AvgIpc) is 2.60. The quantitative estimate of drug-likeness (QED) is 0.851. The zero-order valence-corrected chi connectivity index (χ0v) is 12.8. The van der Waals surface area contributed by atoms with Gasteiger partial charge in [-0.25, -0.2) is 4.39 Å². The lowest BCUT2D eigenvalue weighted by Gasteiger charge is -2.22. The summed E-state index contributed by atoms with van der Waals surface area (Å²) in [6.07, 6.45) is 0. The molecule has 0 aliphatic heterocycles. The van der Waals surface area contributed by atoms with E-state index in [1.165, 1.54) is 37.4 Å². The Bertz CT molecular complexity index is 704. The second kappa shape index (κ2) is 7.35. The van der Waals surface area contributed by atoms with Gasteiger partial charge in [-0.1, -0.05) is 24.3 Å². The van der Waals surface area contributed by atoms with Crippen LogP contribution in [0, 0.1) is 5.82 Å². The van der Waals surface area contributed by atoms with Gasteiger partial charge in [-0.3, -0.25) is 4.79 Å². The Balaban J connectivity index is 2.24. The molecule has 128 valence electrons. The molecule has 0 saturated carbocycles. The third-order valence-electron chi connectivity index (χ3n) is 3.49. The van der Waals surface area contributed by atoms with E-state index in [-0.39, 0.29) is 5.75 Å². The van der Waals surface area contributed by atoms with Gasteiger partial charge in [0.15, 0.2) is 0 Å². The molecule has 0 radical (unpaired) electrons. The predicted molar refractivity (Wildman–Crippen MR) is 81.3 cm³/mol. The van der Waals surface area contributed by atoms with Crippen LogP contribution in [0.3, 0.4) is 0 Å². The minimum atomic E-state index is -3.86. The van der Waals surface area contributed by atoms with Crippen LogP contribution in [0.5, 0.6) is 5.75 Å². The summed E-state index contributed by atoms with van der Waals surface area (Å²) in [6, 6.07) is 9.03. The standard InChI is InChI=1S/C17H16F3NO3/c1-24-15-5-3-2-4-13(15)17(19,20)16(23)21-14(10-22)11-6-8-12(18)9-7-11/h2-9,14,22H,10H2,1H3,(H,21,23)/t14-/m0/s1. The molecule has 7 heteroatoms. The van der Waals surface area contributed by atoms with E-state index in [0.717, 1.165) is 18.2 Å². The zero-order valence-electron chi connectivity index (χ0n) is 12.8. The van der Waals surface area contributed by atoms with Crippen molar-refractivity contribution < 1.29 is 27.8 Å². The molecular weight excluding hydrogens is 323 g/mol. The second-order valence-corrected chi connectivity index (χ2v) is 5.03. The Labute approximate surface area is 136 Å². The number of ether oxygens (including phenoxy) is 1. The number of hydrogen-bond donors (Lipinski definition) is 2. The number of aliphatic hydroxyl groups excluding tert-OH is 1. The summed E-state index contributed by atoms with van der Waals surface area (Å²) in [6.45, 7) is -0.612. The predicted octanol–water partition coefficient (Wildman–Crippen LogP) is 2.78. The van der Waals surface area contributed by atoms with Crippen molar-refractivity contribution in [3.8, 4) is 5.75 Å². The zero-order chi connectivity index (χ0) is 17.7. The Kier molecular flexibility index (Phi) is 5.46. The first kappa shape index (κ1) is 17.8. The molecule has 2 N–H and O–H groups in total. The van der Waals surface area contributed by atoms with Gasteiger partial charge in [-0.05, 0) is 29.8 Å². The van der Waals surface area contributed by atoms with Crippen molar-refractivity contribution in [2.24, 2.45) is 0 Å². The number of methoxy groups -OCH3 is 1. The van der Waals surface area contributed by atoms with Gasteiger partial charge in [0.2, 0.25) is 0 Å². The molecule has 0 unspecified atom stereocenters. The lowest BCUT2D eigenvalue weighted by molar-refractivity contribution is -0.148. The molecule has 0 saturated heterocycles. The van der Waals surface area contributed by atoms with Crippen LogP contribution in [0.25, 0.3) is 0 Å². The first-order valence-electron chi connectivity index (χ1n) is 7.08. The number of nitrogens with one attached hydrogen (secondary N) is 1. The lowest BCUT2D eigenvalue weighted by Crippen LogP contribution is -2.41. The van der Waals surface area contributed by atoms with E-state index in [1.54, 1.807) is 0 Å². The number of benzene rings is 2. The van der Waals surface area contributed by atoms with E-state index in [9.17, 15) is 23.1 Å². The third kappa shape index (κ3) is 3.68. The van der Waals surface area contributed by atoms with Gasteiger partial charge in [0.05, 0.1) is 25.3 Å². The smallest absolute Gasteiger partial charge is 0.353 e. The van der Waals surface area contributed by atoms with Gasteiger partial charge in [0.25, 0.3) is 5.91 Å². The molecule has 1 amide bonds. The van der Waals surface area contributed by atoms with Crippen molar-refractivity contribution in [3.05, 3.63) is 65.5 Å². The largest absolute Gasteiger partial charge is 0.496 e. The maximum atomic E-state index is 14.4. The van der Waals surface area contributed by atoms with E-state index in [0.29, 0.717) is 5.56 Å². The lowest BCUT2D eigenvalue weighted by atomic mass is 10.0. The highest BCUT2D eigenvalue weighted by Crippen LogP contribution is 2.35.